The molecule has 26 heavy (non-hydrogen) atoms. The van der Waals surface area contributed by atoms with Gasteiger partial charge in [0.2, 0.25) is 0 Å². The van der Waals surface area contributed by atoms with E-state index in [9.17, 15) is 9.59 Å². The number of hydrogen-bond acceptors (Lipinski definition) is 4. The summed E-state index contributed by atoms with van der Waals surface area (Å²) < 4.78 is 10.6. The first-order valence-electron chi connectivity index (χ1n) is 8.33. The van der Waals surface area contributed by atoms with Crippen LogP contribution in [0, 0.1) is 0 Å². The Kier molecular flexibility index (Phi) is 10.4. The Balaban J connectivity index is 0.000000263. The molecule has 0 spiro atoms. The molecule has 0 saturated carbocycles. The van der Waals surface area contributed by atoms with Gasteiger partial charge in [0.25, 0.3) is 10.5 Å². The number of halogens is 2. The van der Waals surface area contributed by atoms with Gasteiger partial charge in [-0.3, -0.25) is 9.59 Å². The number of carbonyl (C=O) groups excluding carboxylic acids is 2. The maximum absolute atomic E-state index is 10.7. The molecule has 0 aliphatic heterocycles. The van der Waals surface area contributed by atoms with Crippen LogP contribution in [-0.2, 0) is 0 Å². The van der Waals surface area contributed by atoms with E-state index in [2.05, 4.69) is 6.92 Å². The average molecular weight is 397 g/mol. The van der Waals surface area contributed by atoms with Crippen LogP contribution in [-0.4, -0.2) is 23.7 Å². The minimum Gasteiger partial charge on any atom is -0.494 e. The molecule has 0 fully saturated rings. The van der Waals surface area contributed by atoms with Gasteiger partial charge in [0.1, 0.15) is 11.5 Å². The smallest absolute Gasteiger partial charge is 0.252 e. The van der Waals surface area contributed by atoms with E-state index in [1.807, 2.05) is 6.92 Å². The predicted octanol–water partition coefficient (Wildman–Crippen LogP) is 5.71. The second-order valence-electron chi connectivity index (χ2n) is 5.23. The van der Waals surface area contributed by atoms with Crippen molar-refractivity contribution in [1.82, 2.24) is 0 Å². The van der Waals surface area contributed by atoms with Crippen LogP contribution in [0.5, 0.6) is 11.5 Å². The molecule has 2 aromatic rings. The molecule has 4 nitrogen and oxygen atoms in total. The molecular weight excluding hydrogens is 375 g/mol. The number of rotatable bonds is 8. The number of hydrogen-bond donors (Lipinski definition) is 0. The van der Waals surface area contributed by atoms with E-state index in [-0.39, 0.29) is 0 Å². The van der Waals surface area contributed by atoms with Gasteiger partial charge in [-0.2, -0.15) is 0 Å². The lowest BCUT2D eigenvalue weighted by atomic mass is 10.2. The summed E-state index contributed by atoms with van der Waals surface area (Å²) in [4.78, 5) is 21.4. The minimum atomic E-state index is -0.446. The van der Waals surface area contributed by atoms with Crippen LogP contribution >= 0.6 is 23.2 Å². The highest BCUT2D eigenvalue weighted by molar-refractivity contribution is 6.68. The van der Waals surface area contributed by atoms with Crippen molar-refractivity contribution in [1.29, 1.82) is 0 Å². The molecule has 0 saturated heterocycles. The van der Waals surface area contributed by atoms with Gasteiger partial charge >= 0.3 is 0 Å². The Morgan fingerprint density at radius 3 is 1.54 bits per heavy atom. The van der Waals surface area contributed by atoms with Gasteiger partial charge in [-0.1, -0.05) is 13.3 Å². The van der Waals surface area contributed by atoms with Gasteiger partial charge in [-0.25, -0.2) is 0 Å². The Hall–Kier alpha value is -2.04. The number of carbonyl (C=O) groups is 2. The van der Waals surface area contributed by atoms with Crippen LogP contribution in [0.25, 0.3) is 0 Å². The molecule has 2 rings (SSSR count). The summed E-state index contributed by atoms with van der Waals surface area (Å²) in [7, 11) is 0. The molecule has 6 heteroatoms. The summed E-state index contributed by atoms with van der Waals surface area (Å²) in [6.45, 7) is 5.35. The van der Waals surface area contributed by atoms with Crippen LogP contribution in [0.15, 0.2) is 48.5 Å². The van der Waals surface area contributed by atoms with Crippen molar-refractivity contribution in [3.05, 3.63) is 59.7 Å². The van der Waals surface area contributed by atoms with Gasteiger partial charge in [0, 0.05) is 11.1 Å². The third-order valence-corrected chi connectivity index (χ3v) is 3.68. The lowest BCUT2D eigenvalue weighted by molar-refractivity contribution is 0.107. The normalized spacial score (nSPS) is 9.69. The fourth-order valence-electron chi connectivity index (χ4n) is 1.87. The van der Waals surface area contributed by atoms with Crippen molar-refractivity contribution in [3.8, 4) is 11.5 Å². The largest absolute Gasteiger partial charge is 0.494 e. The van der Waals surface area contributed by atoms with E-state index >= 15 is 0 Å². The zero-order valence-electron chi connectivity index (χ0n) is 14.8. The van der Waals surface area contributed by atoms with Crippen LogP contribution < -0.4 is 9.47 Å². The standard InChI is InChI=1S/C11H13ClO2.C9H9ClO2/c1-2-3-8-14-10-6-4-9(5-7-10)11(12)13;1-2-12-8-5-3-7(4-6-8)9(10)11/h4-7H,2-3,8H2,1H3;3-6H,2H2,1H3. The topological polar surface area (TPSA) is 52.6 Å². The van der Waals surface area contributed by atoms with E-state index in [1.54, 1.807) is 48.5 Å². The van der Waals surface area contributed by atoms with Crippen molar-refractivity contribution < 1.29 is 19.1 Å². The highest BCUT2D eigenvalue weighted by atomic mass is 35.5. The van der Waals surface area contributed by atoms with Crippen molar-refractivity contribution in [2.24, 2.45) is 0 Å². The summed E-state index contributed by atoms with van der Waals surface area (Å²) in [6.07, 6.45) is 2.15. The number of unbranched alkanes of at least 4 members (excludes halogenated alkanes) is 1. The third-order valence-electron chi connectivity index (χ3n) is 3.24. The van der Waals surface area contributed by atoms with Crippen molar-refractivity contribution in [3.63, 3.8) is 0 Å². The predicted molar refractivity (Wildman–Crippen MR) is 105 cm³/mol. The SMILES string of the molecule is CCCCOc1ccc(C(=O)Cl)cc1.CCOc1ccc(C(=O)Cl)cc1. The summed E-state index contributed by atoms with van der Waals surface area (Å²) >= 11 is 10.6. The molecule has 0 heterocycles. The van der Waals surface area contributed by atoms with Crippen LogP contribution in [0.4, 0.5) is 0 Å². The lowest BCUT2D eigenvalue weighted by Crippen LogP contribution is -1.96. The first kappa shape index (κ1) is 22.0. The van der Waals surface area contributed by atoms with Gasteiger partial charge < -0.3 is 9.47 Å². The highest BCUT2D eigenvalue weighted by Crippen LogP contribution is 2.14. The molecule has 0 aliphatic carbocycles. The molecule has 0 atom stereocenters. The maximum Gasteiger partial charge on any atom is 0.252 e. The average Bonchev–Trinajstić information content (AvgIpc) is 2.64. The van der Waals surface area contributed by atoms with E-state index < -0.39 is 10.5 Å². The first-order valence-corrected chi connectivity index (χ1v) is 9.08. The molecule has 2 aromatic carbocycles. The van der Waals surface area contributed by atoms with Gasteiger partial charge in [0.15, 0.2) is 0 Å². The molecule has 0 aliphatic rings. The minimum absolute atomic E-state index is 0.440. The van der Waals surface area contributed by atoms with E-state index in [1.165, 1.54) is 0 Å². The van der Waals surface area contributed by atoms with Crippen molar-refractivity contribution >= 4 is 33.7 Å². The van der Waals surface area contributed by atoms with E-state index in [4.69, 9.17) is 32.7 Å². The second kappa shape index (κ2) is 12.3. The quantitative estimate of drug-likeness (QED) is 0.423. The Morgan fingerprint density at radius 1 is 0.769 bits per heavy atom. The van der Waals surface area contributed by atoms with Crippen molar-refractivity contribution in [2.45, 2.75) is 26.7 Å². The zero-order valence-corrected chi connectivity index (χ0v) is 16.3. The maximum atomic E-state index is 10.7. The van der Waals surface area contributed by atoms with E-state index in [0.717, 1.165) is 24.3 Å². The summed E-state index contributed by atoms with van der Waals surface area (Å²) in [5, 5.41) is -0.886. The monoisotopic (exact) mass is 396 g/mol. The second-order valence-corrected chi connectivity index (χ2v) is 5.92. The molecule has 0 radical (unpaired) electrons. The molecule has 0 bridgehead atoms. The summed E-state index contributed by atoms with van der Waals surface area (Å²) in [6, 6.07) is 13.6. The number of ether oxygens (including phenoxy) is 2. The first-order chi connectivity index (χ1) is 12.5. The van der Waals surface area contributed by atoms with Crippen LogP contribution in [0.2, 0.25) is 0 Å². The Labute approximate surface area is 164 Å². The highest BCUT2D eigenvalue weighted by Gasteiger charge is 2.01. The molecule has 0 aromatic heterocycles. The van der Waals surface area contributed by atoms with E-state index in [0.29, 0.717) is 24.3 Å². The van der Waals surface area contributed by atoms with Gasteiger partial charge in [-0.15, -0.1) is 0 Å². The zero-order chi connectivity index (χ0) is 19.4. The molecule has 0 N–H and O–H groups in total. The summed E-state index contributed by atoms with van der Waals surface area (Å²) in [5.74, 6) is 1.53. The Bertz CT molecular complexity index is 682. The molecule has 0 unspecified atom stereocenters. The van der Waals surface area contributed by atoms with Gasteiger partial charge in [0.05, 0.1) is 13.2 Å². The fourth-order valence-corrected chi connectivity index (χ4v) is 2.12. The third kappa shape index (κ3) is 8.37. The van der Waals surface area contributed by atoms with Gasteiger partial charge in [-0.05, 0) is 85.1 Å². The number of benzene rings is 2. The fraction of sp³-hybridized carbons (Fsp3) is 0.300. The molecule has 0 amide bonds. The summed E-state index contributed by atoms with van der Waals surface area (Å²) in [5.41, 5.74) is 0.981. The van der Waals surface area contributed by atoms with Crippen LogP contribution in [0.3, 0.4) is 0 Å². The Morgan fingerprint density at radius 2 is 1.19 bits per heavy atom. The molecule has 140 valence electrons. The molecular formula is C20H22Cl2O4. The van der Waals surface area contributed by atoms with Crippen LogP contribution in [0.1, 0.15) is 47.4 Å². The van der Waals surface area contributed by atoms with Crippen molar-refractivity contribution in [2.75, 3.05) is 13.2 Å². The lowest BCUT2D eigenvalue weighted by Gasteiger charge is -2.04.